The third-order valence-electron chi connectivity index (χ3n) is 4.49. The summed E-state index contributed by atoms with van der Waals surface area (Å²) >= 11 is 0. The first-order chi connectivity index (χ1) is 11.4. The molecule has 24 heavy (non-hydrogen) atoms. The molecule has 1 saturated heterocycles. The van der Waals surface area contributed by atoms with Crippen LogP contribution in [0.2, 0.25) is 0 Å². The van der Waals surface area contributed by atoms with Gasteiger partial charge in [-0.15, -0.1) is 0 Å². The van der Waals surface area contributed by atoms with Crippen molar-refractivity contribution in [2.24, 2.45) is 5.92 Å². The SMILES string of the molecule is Cc1ccc(OCC(=O)N2CCCN(C(=O)C(C)C)CC2)cc1C. The zero-order valence-electron chi connectivity index (χ0n) is 15.2. The number of carbonyl (C=O) groups is 2. The lowest BCUT2D eigenvalue weighted by Gasteiger charge is -2.23. The van der Waals surface area contributed by atoms with Crippen LogP contribution in [0.25, 0.3) is 0 Å². The Bertz CT molecular complexity index is 598. The fraction of sp³-hybridized carbons (Fsp3) is 0.579. The third kappa shape index (κ3) is 4.73. The zero-order valence-corrected chi connectivity index (χ0v) is 15.2. The molecule has 5 nitrogen and oxygen atoms in total. The molecule has 0 N–H and O–H groups in total. The van der Waals surface area contributed by atoms with Crippen molar-refractivity contribution in [2.45, 2.75) is 34.1 Å². The minimum atomic E-state index is -0.0212. The maximum Gasteiger partial charge on any atom is 0.260 e. The molecule has 132 valence electrons. The lowest BCUT2D eigenvalue weighted by Crippen LogP contribution is -2.40. The van der Waals surface area contributed by atoms with E-state index in [1.807, 2.05) is 50.8 Å². The van der Waals surface area contributed by atoms with Gasteiger partial charge in [0, 0.05) is 32.1 Å². The molecule has 0 unspecified atom stereocenters. The van der Waals surface area contributed by atoms with E-state index < -0.39 is 0 Å². The summed E-state index contributed by atoms with van der Waals surface area (Å²) in [5.74, 6) is 0.862. The number of hydrogen-bond donors (Lipinski definition) is 0. The van der Waals surface area contributed by atoms with Crippen LogP contribution in [0, 0.1) is 19.8 Å². The number of nitrogens with zero attached hydrogens (tertiary/aromatic N) is 2. The average Bonchev–Trinajstić information content (AvgIpc) is 2.81. The molecule has 1 aromatic rings. The quantitative estimate of drug-likeness (QED) is 0.851. The molecule has 0 aromatic heterocycles. The Balaban J connectivity index is 1.86. The van der Waals surface area contributed by atoms with Crippen LogP contribution in [0.15, 0.2) is 18.2 Å². The van der Waals surface area contributed by atoms with Gasteiger partial charge in [-0.25, -0.2) is 0 Å². The van der Waals surface area contributed by atoms with Crippen LogP contribution < -0.4 is 4.74 Å². The summed E-state index contributed by atoms with van der Waals surface area (Å²) < 4.78 is 5.64. The van der Waals surface area contributed by atoms with Gasteiger partial charge < -0.3 is 14.5 Å². The van der Waals surface area contributed by atoms with Crippen LogP contribution in [-0.4, -0.2) is 54.4 Å². The molecule has 1 aromatic carbocycles. The summed E-state index contributed by atoms with van der Waals surface area (Å²) in [6.07, 6.45) is 0.813. The number of carbonyl (C=O) groups excluding carboxylic acids is 2. The second-order valence-corrected chi connectivity index (χ2v) is 6.75. The van der Waals surface area contributed by atoms with Crippen LogP contribution in [-0.2, 0) is 9.59 Å². The molecule has 5 heteroatoms. The summed E-state index contributed by atoms with van der Waals surface area (Å²) in [7, 11) is 0. The first-order valence-electron chi connectivity index (χ1n) is 8.65. The van der Waals surface area contributed by atoms with Crippen molar-refractivity contribution in [1.82, 2.24) is 9.80 Å². The van der Waals surface area contributed by atoms with E-state index in [-0.39, 0.29) is 24.3 Å². The number of rotatable bonds is 4. The van der Waals surface area contributed by atoms with Gasteiger partial charge in [-0.2, -0.15) is 0 Å². The van der Waals surface area contributed by atoms with Gasteiger partial charge in [0.1, 0.15) is 5.75 Å². The molecule has 0 saturated carbocycles. The lowest BCUT2D eigenvalue weighted by atomic mass is 10.1. The normalized spacial score (nSPS) is 15.4. The van der Waals surface area contributed by atoms with Gasteiger partial charge in [0.2, 0.25) is 5.91 Å². The molecular formula is C19H28N2O3. The molecule has 0 aliphatic carbocycles. The second kappa shape index (κ2) is 8.18. The van der Waals surface area contributed by atoms with Gasteiger partial charge in [0.05, 0.1) is 0 Å². The predicted molar refractivity (Wildman–Crippen MR) is 94.0 cm³/mol. The maximum absolute atomic E-state index is 12.4. The molecule has 0 atom stereocenters. The smallest absolute Gasteiger partial charge is 0.260 e. The van der Waals surface area contributed by atoms with Crippen molar-refractivity contribution in [3.8, 4) is 5.75 Å². The van der Waals surface area contributed by atoms with Gasteiger partial charge >= 0.3 is 0 Å². The Morgan fingerprint density at radius 2 is 1.71 bits per heavy atom. The number of benzene rings is 1. The molecule has 2 amide bonds. The molecule has 1 heterocycles. The number of ether oxygens (including phenoxy) is 1. The van der Waals surface area contributed by atoms with E-state index in [0.717, 1.165) is 24.3 Å². The monoisotopic (exact) mass is 332 g/mol. The van der Waals surface area contributed by atoms with Gasteiger partial charge in [-0.3, -0.25) is 9.59 Å². The second-order valence-electron chi connectivity index (χ2n) is 6.75. The van der Waals surface area contributed by atoms with Crippen molar-refractivity contribution in [2.75, 3.05) is 32.8 Å². The fourth-order valence-corrected chi connectivity index (χ4v) is 2.79. The van der Waals surface area contributed by atoms with E-state index in [1.165, 1.54) is 5.56 Å². The Morgan fingerprint density at radius 3 is 2.38 bits per heavy atom. The standard InChI is InChI=1S/C19H28N2O3/c1-14(2)19(23)21-9-5-8-20(10-11-21)18(22)13-24-17-7-6-15(3)16(4)12-17/h6-7,12,14H,5,8-11,13H2,1-4H3. The van der Waals surface area contributed by atoms with Crippen molar-refractivity contribution >= 4 is 11.8 Å². The van der Waals surface area contributed by atoms with Gasteiger partial charge in [-0.1, -0.05) is 19.9 Å². The van der Waals surface area contributed by atoms with E-state index in [9.17, 15) is 9.59 Å². The molecule has 0 spiro atoms. The fourth-order valence-electron chi connectivity index (χ4n) is 2.79. The third-order valence-corrected chi connectivity index (χ3v) is 4.49. The summed E-state index contributed by atoms with van der Waals surface area (Å²) in [6.45, 7) is 10.5. The number of hydrogen-bond acceptors (Lipinski definition) is 3. The van der Waals surface area contributed by atoms with Gasteiger partial charge in [0.25, 0.3) is 5.91 Å². The molecule has 1 aliphatic rings. The minimum Gasteiger partial charge on any atom is -0.484 e. The summed E-state index contributed by atoms with van der Waals surface area (Å²) in [5.41, 5.74) is 2.36. The first kappa shape index (κ1) is 18.3. The van der Waals surface area contributed by atoms with Crippen LogP contribution in [0.3, 0.4) is 0 Å². The van der Waals surface area contributed by atoms with E-state index >= 15 is 0 Å². The van der Waals surface area contributed by atoms with Gasteiger partial charge in [-0.05, 0) is 43.5 Å². The van der Waals surface area contributed by atoms with E-state index in [4.69, 9.17) is 4.74 Å². The van der Waals surface area contributed by atoms with Crippen molar-refractivity contribution in [3.05, 3.63) is 29.3 Å². The van der Waals surface area contributed by atoms with Crippen LogP contribution in [0.4, 0.5) is 0 Å². The average molecular weight is 332 g/mol. The number of amides is 2. The summed E-state index contributed by atoms with van der Waals surface area (Å²) in [6, 6.07) is 5.84. The molecule has 2 rings (SSSR count). The van der Waals surface area contributed by atoms with Gasteiger partial charge in [0.15, 0.2) is 6.61 Å². The van der Waals surface area contributed by atoms with E-state index in [2.05, 4.69) is 0 Å². The lowest BCUT2D eigenvalue weighted by molar-refractivity contribution is -0.136. The maximum atomic E-state index is 12.4. The van der Waals surface area contributed by atoms with E-state index in [0.29, 0.717) is 19.6 Å². The van der Waals surface area contributed by atoms with Crippen molar-refractivity contribution in [3.63, 3.8) is 0 Å². The van der Waals surface area contributed by atoms with Crippen LogP contribution in [0.1, 0.15) is 31.4 Å². The largest absolute Gasteiger partial charge is 0.484 e. The molecule has 1 aliphatic heterocycles. The molecule has 0 radical (unpaired) electrons. The van der Waals surface area contributed by atoms with Crippen LogP contribution >= 0.6 is 0 Å². The Kier molecular flexibility index (Phi) is 6.23. The highest BCUT2D eigenvalue weighted by molar-refractivity contribution is 5.79. The van der Waals surface area contributed by atoms with Crippen molar-refractivity contribution in [1.29, 1.82) is 0 Å². The zero-order chi connectivity index (χ0) is 17.7. The molecular weight excluding hydrogens is 304 g/mol. The topological polar surface area (TPSA) is 49.9 Å². The summed E-state index contributed by atoms with van der Waals surface area (Å²) in [4.78, 5) is 28.1. The van der Waals surface area contributed by atoms with E-state index in [1.54, 1.807) is 4.90 Å². The molecule has 0 bridgehead atoms. The highest BCUT2D eigenvalue weighted by atomic mass is 16.5. The molecule has 1 fully saturated rings. The first-order valence-corrected chi connectivity index (χ1v) is 8.65. The van der Waals surface area contributed by atoms with Crippen molar-refractivity contribution < 1.29 is 14.3 Å². The minimum absolute atomic E-state index is 0.000335. The highest BCUT2D eigenvalue weighted by Gasteiger charge is 2.23. The highest BCUT2D eigenvalue weighted by Crippen LogP contribution is 2.16. The number of aryl methyl sites for hydroxylation is 2. The Hall–Kier alpha value is -2.04. The summed E-state index contributed by atoms with van der Waals surface area (Å²) in [5, 5.41) is 0. The predicted octanol–water partition coefficient (Wildman–Crippen LogP) is 2.40. The Morgan fingerprint density at radius 1 is 1.04 bits per heavy atom. The Labute approximate surface area is 144 Å². The van der Waals surface area contributed by atoms with Crippen LogP contribution in [0.5, 0.6) is 5.75 Å².